The van der Waals surface area contributed by atoms with Gasteiger partial charge in [0.15, 0.2) is 11.5 Å². The van der Waals surface area contributed by atoms with Crippen molar-refractivity contribution in [2.24, 2.45) is 5.73 Å². The Morgan fingerprint density at radius 2 is 1.63 bits per heavy atom. The van der Waals surface area contributed by atoms with Gasteiger partial charge in [-0.3, -0.25) is 34.2 Å². The molecule has 5 amide bonds. The molecule has 3 fully saturated rings. The zero-order valence-electron chi connectivity index (χ0n) is 39.4. The fourth-order valence-corrected chi connectivity index (χ4v) is 10.4. The van der Waals surface area contributed by atoms with Gasteiger partial charge in [-0.1, -0.05) is 55.6 Å². The normalized spacial score (nSPS) is 20.6. The molecule has 0 aliphatic carbocycles. The smallest absolute Gasteiger partial charge is 0.272 e. The van der Waals surface area contributed by atoms with Crippen LogP contribution in [0, 0.1) is 0 Å². The average Bonchev–Trinajstić information content (AvgIpc) is 3.64. The summed E-state index contributed by atoms with van der Waals surface area (Å²) < 4.78 is 0. The summed E-state index contributed by atoms with van der Waals surface area (Å²) >= 11 is 1.53. The first-order valence-corrected chi connectivity index (χ1v) is 24.9. The van der Waals surface area contributed by atoms with E-state index in [1.54, 1.807) is 18.2 Å². The highest BCUT2D eigenvalue weighted by atomic mass is 32.2. The monoisotopic (exact) mass is 944 g/mol. The lowest BCUT2D eigenvalue weighted by atomic mass is 9.91. The minimum Gasteiger partial charge on any atom is -0.355 e. The summed E-state index contributed by atoms with van der Waals surface area (Å²) in [5.74, 6) is 0.305. The third kappa shape index (κ3) is 12.4. The largest absolute Gasteiger partial charge is 0.355 e. The molecule has 0 bridgehead atoms. The number of carbonyl (C=O) groups excluding carboxylic acids is 5. The summed E-state index contributed by atoms with van der Waals surface area (Å²) in [7, 11) is 0. The Bertz CT molecular complexity index is 2430. The number of piperidine rings is 2. The Morgan fingerprint density at radius 1 is 0.868 bits per heavy atom. The fraction of sp³-hybridized carbons (Fsp3) is 0.500. The Morgan fingerprint density at radius 3 is 2.35 bits per heavy atom. The molecule has 0 radical (unpaired) electrons. The summed E-state index contributed by atoms with van der Waals surface area (Å²) in [6.45, 7) is 11.5. The van der Waals surface area contributed by atoms with Crippen LogP contribution >= 0.6 is 11.8 Å². The number of fused-ring (bicyclic) bond motifs is 1. The van der Waals surface area contributed by atoms with Crippen molar-refractivity contribution in [3.8, 4) is 0 Å². The van der Waals surface area contributed by atoms with E-state index in [1.165, 1.54) is 16.7 Å². The zero-order valence-corrected chi connectivity index (χ0v) is 40.2. The topological polar surface area (TPSA) is 212 Å². The standard InChI is InChI=1S/C50H64N12O5S/c1-33-30-60(42-18-16-40(57-58-42)47(65)54-27-35-14-15-39-36(25-35)32-62(49(39)67)41-17-19-45(64)56-48(41)66)31-34(2)61(33)22-9-7-5-4-6-8-13-44(63)55-37-11-10-12-38(26-37)68-46-29-52-43(28-53-46)59-23-20-50(3,51)21-24-59/h10-12,14-16,18,25-26,28-29,33-34,41H,4-9,13,17,19-24,27,30-32,51H2,1-3H3,(H,54,65)(H,55,63)(H,56,64,66). The molecule has 68 heavy (non-hydrogen) atoms. The third-order valence-electron chi connectivity index (χ3n) is 13.6. The number of rotatable bonds is 18. The Labute approximate surface area is 402 Å². The average molecular weight is 945 g/mol. The van der Waals surface area contributed by atoms with Gasteiger partial charge >= 0.3 is 0 Å². The molecular formula is C50H64N12O5S. The SMILES string of the molecule is CC1CN(c2ccc(C(=O)NCc3ccc4c(c3)CN(C3CCC(=O)NC3=O)C4=O)nn2)CC(C)N1CCCCCCCCC(=O)Nc1cccc(Sc2cnc(N3CCC(C)(N)CC3)cn2)c1. The molecule has 5 N–H and O–H groups in total. The van der Waals surface area contributed by atoms with Gasteiger partial charge in [-0.15, -0.1) is 10.2 Å². The van der Waals surface area contributed by atoms with Gasteiger partial charge in [-0.2, -0.15) is 0 Å². The molecule has 4 aliphatic heterocycles. The number of nitrogens with two attached hydrogens (primary N) is 1. The van der Waals surface area contributed by atoms with Gasteiger partial charge in [0.1, 0.15) is 16.9 Å². The molecular weight excluding hydrogens is 881 g/mol. The second-order valence-electron chi connectivity index (χ2n) is 19.1. The van der Waals surface area contributed by atoms with Gasteiger partial charge in [0.2, 0.25) is 17.7 Å². The molecule has 360 valence electrons. The molecule has 3 saturated heterocycles. The molecule has 18 heteroatoms. The molecule has 3 atom stereocenters. The first-order chi connectivity index (χ1) is 32.8. The van der Waals surface area contributed by atoms with Crippen LogP contribution in [-0.2, 0) is 27.5 Å². The van der Waals surface area contributed by atoms with Crippen molar-refractivity contribution in [3.63, 3.8) is 0 Å². The van der Waals surface area contributed by atoms with Crippen LogP contribution in [-0.4, -0.2) is 116 Å². The predicted molar refractivity (Wildman–Crippen MR) is 261 cm³/mol. The van der Waals surface area contributed by atoms with Crippen molar-refractivity contribution in [2.75, 3.05) is 47.8 Å². The van der Waals surface area contributed by atoms with Gasteiger partial charge in [0.05, 0.1) is 12.4 Å². The minimum atomic E-state index is -0.676. The molecule has 8 rings (SSSR count). The molecule has 2 aromatic carbocycles. The summed E-state index contributed by atoms with van der Waals surface area (Å²) in [4.78, 5) is 81.7. The molecule has 17 nitrogen and oxygen atoms in total. The van der Waals surface area contributed by atoms with Crippen molar-refractivity contribution in [1.82, 2.24) is 40.6 Å². The number of piperazine rings is 1. The van der Waals surface area contributed by atoms with Crippen molar-refractivity contribution >= 4 is 58.6 Å². The van der Waals surface area contributed by atoms with E-state index in [2.05, 4.69) is 71.6 Å². The number of imide groups is 1. The maximum atomic E-state index is 13.1. The molecule has 0 spiro atoms. The van der Waals surface area contributed by atoms with Gasteiger partial charge in [0, 0.05) is 85.9 Å². The number of anilines is 3. The van der Waals surface area contributed by atoms with E-state index in [-0.39, 0.29) is 54.4 Å². The van der Waals surface area contributed by atoms with Crippen molar-refractivity contribution in [1.29, 1.82) is 0 Å². The molecule has 4 aliphatic rings. The molecule has 2 aromatic heterocycles. The number of carbonyl (C=O) groups is 5. The highest BCUT2D eigenvalue weighted by Crippen LogP contribution is 2.31. The van der Waals surface area contributed by atoms with E-state index in [0.717, 1.165) is 122 Å². The van der Waals surface area contributed by atoms with Gasteiger partial charge in [0.25, 0.3) is 11.8 Å². The third-order valence-corrected chi connectivity index (χ3v) is 14.5. The second-order valence-corrected chi connectivity index (χ2v) is 20.2. The van der Waals surface area contributed by atoms with Crippen molar-refractivity contribution in [3.05, 3.63) is 89.4 Å². The van der Waals surface area contributed by atoms with E-state index in [4.69, 9.17) is 5.73 Å². The van der Waals surface area contributed by atoms with Crippen LogP contribution in [0.5, 0.6) is 0 Å². The molecule has 3 unspecified atom stereocenters. The van der Waals surface area contributed by atoms with Crippen LogP contribution in [0.25, 0.3) is 0 Å². The van der Waals surface area contributed by atoms with Crippen LogP contribution in [0.2, 0.25) is 0 Å². The maximum Gasteiger partial charge on any atom is 0.272 e. The number of nitrogens with one attached hydrogen (secondary N) is 3. The van der Waals surface area contributed by atoms with Crippen LogP contribution in [0.4, 0.5) is 17.3 Å². The van der Waals surface area contributed by atoms with E-state index in [1.807, 2.05) is 48.8 Å². The van der Waals surface area contributed by atoms with Crippen LogP contribution in [0.15, 0.2) is 76.9 Å². The number of benzene rings is 2. The minimum absolute atomic E-state index is 0.0356. The number of amides is 5. The lowest BCUT2D eigenvalue weighted by Crippen LogP contribution is -2.57. The Kier molecular flexibility index (Phi) is 15.7. The van der Waals surface area contributed by atoms with Crippen molar-refractivity contribution in [2.45, 2.75) is 138 Å². The first kappa shape index (κ1) is 48.5. The quantitative estimate of drug-likeness (QED) is 0.0697. The molecule has 6 heterocycles. The van der Waals surface area contributed by atoms with E-state index >= 15 is 0 Å². The summed E-state index contributed by atoms with van der Waals surface area (Å²) in [5, 5.41) is 17.8. The first-order valence-electron chi connectivity index (χ1n) is 24.1. The number of hydrogen-bond acceptors (Lipinski definition) is 14. The summed E-state index contributed by atoms with van der Waals surface area (Å²) in [6, 6.07) is 16.8. The number of aromatic nitrogens is 4. The van der Waals surface area contributed by atoms with E-state index < -0.39 is 11.9 Å². The lowest BCUT2D eigenvalue weighted by molar-refractivity contribution is -0.137. The zero-order chi connectivity index (χ0) is 47.8. The van der Waals surface area contributed by atoms with Crippen LogP contribution < -0.4 is 31.5 Å². The summed E-state index contributed by atoms with van der Waals surface area (Å²) in [5.41, 5.74) is 9.30. The summed E-state index contributed by atoms with van der Waals surface area (Å²) in [6.07, 6.45) is 12.9. The predicted octanol–water partition coefficient (Wildman–Crippen LogP) is 5.69. The second kappa shape index (κ2) is 22.0. The Balaban J connectivity index is 0.686. The van der Waals surface area contributed by atoms with E-state index in [9.17, 15) is 24.0 Å². The lowest BCUT2D eigenvalue weighted by Gasteiger charge is -2.44. The number of unbranched alkanes of at least 4 members (excludes halogenated alkanes) is 5. The van der Waals surface area contributed by atoms with Gasteiger partial charge < -0.3 is 31.1 Å². The fourth-order valence-electron chi connectivity index (χ4n) is 9.65. The molecule has 4 aromatic rings. The van der Waals surface area contributed by atoms with Crippen LogP contribution in [0.1, 0.15) is 123 Å². The number of nitrogens with zero attached hydrogens (tertiary/aromatic N) is 8. The highest BCUT2D eigenvalue weighted by molar-refractivity contribution is 7.99. The van der Waals surface area contributed by atoms with Crippen molar-refractivity contribution < 1.29 is 24.0 Å². The van der Waals surface area contributed by atoms with E-state index in [0.29, 0.717) is 30.5 Å². The highest BCUT2D eigenvalue weighted by Gasteiger charge is 2.39. The van der Waals surface area contributed by atoms with Crippen LogP contribution in [0.3, 0.4) is 0 Å². The van der Waals surface area contributed by atoms with Gasteiger partial charge in [-0.25, -0.2) is 9.97 Å². The van der Waals surface area contributed by atoms with Gasteiger partial charge in [-0.05, 0) is 107 Å². The molecule has 0 saturated carbocycles. The number of hydrogen-bond donors (Lipinski definition) is 4. The maximum absolute atomic E-state index is 13.1. The Hall–Kier alpha value is -5.98.